The van der Waals surface area contributed by atoms with E-state index in [2.05, 4.69) is 5.32 Å². The zero-order valence-electron chi connectivity index (χ0n) is 12.1. The number of carbonyl (C=O) groups is 2. The van der Waals surface area contributed by atoms with Gasteiger partial charge in [-0.25, -0.2) is 4.79 Å². The summed E-state index contributed by atoms with van der Waals surface area (Å²) in [5.41, 5.74) is 1.07. The van der Waals surface area contributed by atoms with Crippen LogP contribution < -0.4 is 5.32 Å². The lowest BCUT2D eigenvalue weighted by molar-refractivity contribution is -0.142. The lowest BCUT2D eigenvalue weighted by Crippen LogP contribution is -2.44. The first-order chi connectivity index (χ1) is 10.1. The van der Waals surface area contributed by atoms with Gasteiger partial charge in [-0.3, -0.25) is 4.79 Å². The number of hydrogen-bond acceptors (Lipinski definition) is 3. The van der Waals surface area contributed by atoms with E-state index in [1.165, 1.54) is 0 Å². The molecule has 0 radical (unpaired) electrons. The smallest absolute Gasteiger partial charge is 0.326 e. The molecule has 5 heteroatoms. The summed E-state index contributed by atoms with van der Waals surface area (Å²) in [7, 11) is 0. The largest absolute Gasteiger partial charge is 0.480 e. The normalized spacial score (nSPS) is 22.7. The molecule has 1 aliphatic heterocycles. The monoisotopic (exact) mass is 291 g/mol. The second kappa shape index (κ2) is 7.22. The van der Waals surface area contributed by atoms with Gasteiger partial charge in [0.2, 0.25) is 5.91 Å². The van der Waals surface area contributed by atoms with Gasteiger partial charge in [-0.15, -0.1) is 0 Å². The summed E-state index contributed by atoms with van der Waals surface area (Å²) in [5, 5.41) is 11.9. The highest BCUT2D eigenvalue weighted by Gasteiger charge is 2.30. The van der Waals surface area contributed by atoms with Crippen molar-refractivity contribution in [1.29, 1.82) is 0 Å². The van der Waals surface area contributed by atoms with Gasteiger partial charge in [-0.1, -0.05) is 30.3 Å². The Balaban J connectivity index is 1.87. The minimum absolute atomic E-state index is 0.0633. The van der Waals surface area contributed by atoms with Gasteiger partial charge in [0.15, 0.2) is 0 Å². The fraction of sp³-hybridized carbons (Fsp3) is 0.500. The van der Waals surface area contributed by atoms with Crippen LogP contribution in [0.1, 0.15) is 25.3 Å². The first-order valence-electron chi connectivity index (χ1n) is 7.25. The number of nitrogens with one attached hydrogen (secondary N) is 1. The molecule has 2 N–H and O–H groups in total. The van der Waals surface area contributed by atoms with Crippen LogP contribution >= 0.6 is 0 Å². The van der Waals surface area contributed by atoms with Gasteiger partial charge in [0.05, 0.1) is 18.6 Å². The van der Waals surface area contributed by atoms with E-state index >= 15 is 0 Å². The Hall–Kier alpha value is -1.88. The number of amides is 1. The van der Waals surface area contributed by atoms with Gasteiger partial charge in [-0.05, 0) is 31.7 Å². The fourth-order valence-corrected chi connectivity index (χ4v) is 2.50. The standard InChI is InChI=1S/C16H21NO4/c1-11-9-13(10-21-11)15(18)17-14(16(19)20)8-7-12-5-3-2-4-6-12/h2-6,11,13-14H,7-10H2,1H3,(H,17,18)(H,19,20)/t11?,13?,14-/m0/s1. The minimum Gasteiger partial charge on any atom is -0.480 e. The maximum absolute atomic E-state index is 12.1. The van der Waals surface area contributed by atoms with E-state index in [9.17, 15) is 14.7 Å². The molecule has 0 bridgehead atoms. The van der Waals surface area contributed by atoms with Crippen molar-refractivity contribution < 1.29 is 19.4 Å². The molecule has 114 valence electrons. The molecule has 0 aliphatic carbocycles. The lowest BCUT2D eigenvalue weighted by Gasteiger charge is -2.16. The predicted molar refractivity (Wildman–Crippen MR) is 77.9 cm³/mol. The van der Waals surface area contributed by atoms with Gasteiger partial charge < -0.3 is 15.2 Å². The van der Waals surface area contributed by atoms with Crippen LogP contribution in [-0.4, -0.2) is 35.7 Å². The van der Waals surface area contributed by atoms with Gasteiger partial charge in [0.1, 0.15) is 6.04 Å². The second-order valence-electron chi connectivity index (χ2n) is 5.50. The molecule has 1 fully saturated rings. The molecule has 2 unspecified atom stereocenters. The molecule has 1 aromatic rings. The average molecular weight is 291 g/mol. The number of carboxylic acids is 1. The van der Waals surface area contributed by atoms with Crippen LogP contribution in [0, 0.1) is 5.92 Å². The number of carboxylic acid groups (broad SMARTS) is 1. The van der Waals surface area contributed by atoms with Gasteiger partial charge >= 0.3 is 5.97 Å². The Morgan fingerprint density at radius 2 is 2.10 bits per heavy atom. The molecule has 1 saturated heterocycles. The molecule has 21 heavy (non-hydrogen) atoms. The SMILES string of the molecule is CC1CC(C(=O)N[C@@H](CCc2ccccc2)C(=O)O)CO1. The molecular formula is C16H21NO4. The summed E-state index contributed by atoms with van der Waals surface area (Å²) < 4.78 is 5.35. The lowest BCUT2D eigenvalue weighted by atomic mass is 10.0. The zero-order valence-corrected chi connectivity index (χ0v) is 12.1. The van der Waals surface area contributed by atoms with Gasteiger partial charge in [-0.2, -0.15) is 0 Å². The van der Waals surface area contributed by atoms with Crippen molar-refractivity contribution in [2.45, 2.75) is 38.3 Å². The van der Waals surface area contributed by atoms with Gasteiger partial charge in [0, 0.05) is 0 Å². The van der Waals surface area contributed by atoms with E-state index in [0.717, 1.165) is 5.56 Å². The number of benzene rings is 1. The summed E-state index contributed by atoms with van der Waals surface area (Å²) in [5.74, 6) is -1.45. The van der Waals surface area contributed by atoms with Crippen molar-refractivity contribution in [3.63, 3.8) is 0 Å². The third-order valence-electron chi connectivity index (χ3n) is 3.75. The van der Waals surface area contributed by atoms with E-state index in [0.29, 0.717) is 25.9 Å². The summed E-state index contributed by atoms with van der Waals surface area (Å²) >= 11 is 0. The first-order valence-corrected chi connectivity index (χ1v) is 7.25. The molecule has 1 aromatic carbocycles. The Bertz CT molecular complexity index is 488. The molecular weight excluding hydrogens is 270 g/mol. The van der Waals surface area contributed by atoms with E-state index in [1.54, 1.807) is 0 Å². The number of hydrogen-bond donors (Lipinski definition) is 2. The van der Waals surface area contributed by atoms with Crippen LogP contribution in [0.3, 0.4) is 0 Å². The number of aryl methyl sites for hydroxylation is 1. The highest BCUT2D eigenvalue weighted by molar-refractivity contribution is 5.85. The van der Waals surface area contributed by atoms with E-state index < -0.39 is 12.0 Å². The van der Waals surface area contributed by atoms with Crippen molar-refractivity contribution in [2.24, 2.45) is 5.92 Å². The molecule has 1 aliphatic rings. The maximum atomic E-state index is 12.1. The third-order valence-corrected chi connectivity index (χ3v) is 3.75. The van der Waals surface area contributed by atoms with Gasteiger partial charge in [0.25, 0.3) is 0 Å². The van der Waals surface area contributed by atoms with Crippen LogP contribution in [0.4, 0.5) is 0 Å². The average Bonchev–Trinajstić information content (AvgIpc) is 2.90. The second-order valence-corrected chi connectivity index (χ2v) is 5.50. The van der Waals surface area contributed by atoms with Crippen molar-refractivity contribution >= 4 is 11.9 Å². The van der Waals surface area contributed by atoms with Crippen molar-refractivity contribution in [1.82, 2.24) is 5.32 Å². The molecule has 1 amide bonds. The van der Waals surface area contributed by atoms with Crippen LogP contribution in [0.15, 0.2) is 30.3 Å². The fourth-order valence-electron chi connectivity index (χ4n) is 2.50. The zero-order chi connectivity index (χ0) is 15.2. The van der Waals surface area contributed by atoms with Crippen LogP contribution in [-0.2, 0) is 20.7 Å². The predicted octanol–water partition coefficient (Wildman–Crippen LogP) is 1.61. The topological polar surface area (TPSA) is 75.6 Å². The number of rotatable bonds is 6. The van der Waals surface area contributed by atoms with E-state index in [-0.39, 0.29) is 17.9 Å². The molecule has 0 spiro atoms. The Labute approximate surface area is 124 Å². The Kier molecular flexibility index (Phi) is 5.33. The Morgan fingerprint density at radius 3 is 2.67 bits per heavy atom. The molecule has 3 atom stereocenters. The summed E-state index contributed by atoms with van der Waals surface area (Å²) in [4.78, 5) is 23.4. The molecule has 1 heterocycles. The quantitative estimate of drug-likeness (QED) is 0.835. The van der Waals surface area contributed by atoms with Crippen LogP contribution in [0.25, 0.3) is 0 Å². The highest BCUT2D eigenvalue weighted by Crippen LogP contribution is 2.19. The van der Waals surface area contributed by atoms with Crippen LogP contribution in [0.2, 0.25) is 0 Å². The van der Waals surface area contributed by atoms with Crippen molar-refractivity contribution in [3.05, 3.63) is 35.9 Å². The number of ether oxygens (including phenoxy) is 1. The summed E-state index contributed by atoms with van der Waals surface area (Å²) in [6.45, 7) is 2.29. The molecule has 0 aromatic heterocycles. The highest BCUT2D eigenvalue weighted by atomic mass is 16.5. The van der Waals surface area contributed by atoms with Crippen molar-refractivity contribution in [2.75, 3.05) is 6.61 Å². The van der Waals surface area contributed by atoms with E-state index in [4.69, 9.17) is 4.74 Å². The van der Waals surface area contributed by atoms with Crippen molar-refractivity contribution in [3.8, 4) is 0 Å². The maximum Gasteiger partial charge on any atom is 0.326 e. The Morgan fingerprint density at radius 1 is 1.38 bits per heavy atom. The molecule has 5 nitrogen and oxygen atoms in total. The minimum atomic E-state index is -0.994. The molecule has 0 saturated carbocycles. The summed E-state index contributed by atoms with van der Waals surface area (Å²) in [6.07, 6.45) is 1.72. The van der Waals surface area contributed by atoms with E-state index in [1.807, 2.05) is 37.3 Å². The van der Waals surface area contributed by atoms with Crippen LogP contribution in [0.5, 0.6) is 0 Å². The number of aliphatic carboxylic acids is 1. The summed E-state index contributed by atoms with van der Waals surface area (Å²) in [6, 6.07) is 8.80. The first kappa shape index (κ1) is 15.5. The molecule has 2 rings (SSSR count). The number of carbonyl (C=O) groups excluding carboxylic acids is 1. The third kappa shape index (κ3) is 4.56.